The van der Waals surface area contributed by atoms with Crippen molar-refractivity contribution < 1.29 is 13.9 Å². The first-order valence-electron chi connectivity index (χ1n) is 5.27. The van der Waals surface area contributed by atoms with Gasteiger partial charge in [-0.25, -0.2) is 0 Å². The van der Waals surface area contributed by atoms with E-state index in [1.54, 1.807) is 0 Å². The number of hydrogen-bond acceptors (Lipinski definition) is 4. The highest BCUT2D eigenvalue weighted by Gasteiger charge is 2.14. The van der Waals surface area contributed by atoms with Gasteiger partial charge in [0, 0.05) is 12.5 Å². The SMILES string of the molecule is CC(=O)Oc1ncoc1-c1ccc(C)c(C)c1. The largest absolute Gasteiger partial charge is 0.439 e. The van der Waals surface area contributed by atoms with Crippen LogP contribution in [0.2, 0.25) is 0 Å². The molecule has 17 heavy (non-hydrogen) atoms. The third-order valence-corrected chi connectivity index (χ3v) is 2.54. The zero-order valence-corrected chi connectivity index (χ0v) is 9.98. The molecule has 0 aliphatic carbocycles. The molecular weight excluding hydrogens is 218 g/mol. The van der Waals surface area contributed by atoms with Crippen LogP contribution < -0.4 is 4.74 Å². The third kappa shape index (κ3) is 2.36. The first kappa shape index (κ1) is 11.4. The fourth-order valence-corrected chi connectivity index (χ4v) is 1.52. The average Bonchev–Trinajstić information content (AvgIpc) is 2.69. The molecule has 4 heteroatoms. The van der Waals surface area contributed by atoms with Gasteiger partial charge in [-0.2, -0.15) is 4.98 Å². The third-order valence-electron chi connectivity index (χ3n) is 2.54. The van der Waals surface area contributed by atoms with Crippen LogP contribution in [-0.2, 0) is 4.79 Å². The lowest BCUT2D eigenvalue weighted by Gasteiger charge is -2.04. The maximum Gasteiger partial charge on any atom is 0.309 e. The van der Waals surface area contributed by atoms with E-state index < -0.39 is 5.97 Å². The fourth-order valence-electron chi connectivity index (χ4n) is 1.52. The number of benzene rings is 1. The van der Waals surface area contributed by atoms with Crippen LogP contribution in [0.4, 0.5) is 0 Å². The van der Waals surface area contributed by atoms with Gasteiger partial charge >= 0.3 is 5.97 Å². The van der Waals surface area contributed by atoms with Crippen LogP contribution in [0.15, 0.2) is 29.0 Å². The lowest BCUT2D eigenvalue weighted by molar-refractivity contribution is -0.132. The van der Waals surface area contributed by atoms with E-state index in [2.05, 4.69) is 4.98 Å². The smallest absolute Gasteiger partial charge is 0.309 e. The van der Waals surface area contributed by atoms with Crippen LogP contribution >= 0.6 is 0 Å². The van der Waals surface area contributed by atoms with Gasteiger partial charge in [0.05, 0.1) is 0 Å². The number of nitrogens with zero attached hydrogens (tertiary/aromatic N) is 1. The van der Waals surface area contributed by atoms with E-state index in [-0.39, 0.29) is 5.88 Å². The Morgan fingerprint density at radius 3 is 2.71 bits per heavy atom. The van der Waals surface area contributed by atoms with Crippen LogP contribution in [0.25, 0.3) is 11.3 Å². The molecule has 0 N–H and O–H groups in total. The Kier molecular flexibility index (Phi) is 2.95. The summed E-state index contributed by atoms with van der Waals surface area (Å²) < 4.78 is 10.2. The number of carbonyl (C=O) groups is 1. The molecule has 1 heterocycles. The summed E-state index contributed by atoms with van der Waals surface area (Å²) in [5, 5.41) is 0. The molecule has 2 aromatic rings. The molecule has 0 spiro atoms. The van der Waals surface area contributed by atoms with Crippen molar-refractivity contribution in [2.24, 2.45) is 0 Å². The number of rotatable bonds is 2. The van der Waals surface area contributed by atoms with Gasteiger partial charge in [-0.05, 0) is 31.0 Å². The maximum atomic E-state index is 10.9. The Balaban J connectivity index is 2.42. The van der Waals surface area contributed by atoms with Gasteiger partial charge < -0.3 is 9.15 Å². The maximum absolute atomic E-state index is 10.9. The molecule has 0 amide bonds. The second kappa shape index (κ2) is 4.41. The second-order valence-electron chi connectivity index (χ2n) is 3.88. The standard InChI is InChI=1S/C13H13NO3/c1-8-4-5-11(6-9(8)2)12-13(14-7-16-12)17-10(3)15/h4-7H,1-3H3. The average molecular weight is 231 g/mol. The Labute approximate surface area is 99.2 Å². The van der Waals surface area contributed by atoms with Gasteiger partial charge in [0.15, 0.2) is 12.2 Å². The van der Waals surface area contributed by atoms with Gasteiger partial charge in [0.25, 0.3) is 5.88 Å². The number of aryl methyl sites for hydroxylation is 2. The van der Waals surface area contributed by atoms with Crippen LogP contribution in [0.1, 0.15) is 18.1 Å². The number of hydrogen-bond donors (Lipinski definition) is 0. The Hall–Kier alpha value is -2.10. The number of oxazole rings is 1. The van der Waals surface area contributed by atoms with Crippen LogP contribution in [0, 0.1) is 13.8 Å². The summed E-state index contributed by atoms with van der Waals surface area (Å²) in [6.07, 6.45) is 1.27. The Morgan fingerprint density at radius 2 is 2.06 bits per heavy atom. The van der Waals surface area contributed by atoms with Crippen molar-refractivity contribution in [2.45, 2.75) is 20.8 Å². The summed E-state index contributed by atoms with van der Waals surface area (Å²) in [5.74, 6) is 0.271. The molecule has 0 saturated carbocycles. The van der Waals surface area contributed by atoms with Crippen LogP contribution in [0.3, 0.4) is 0 Å². The molecule has 0 aliphatic rings. The molecule has 2 rings (SSSR count). The van der Waals surface area contributed by atoms with E-state index in [0.717, 1.165) is 11.1 Å². The van der Waals surface area contributed by atoms with Gasteiger partial charge in [-0.3, -0.25) is 4.79 Å². The lowest BCUT2D eigenvalue weighted by atomic mass is 10.1. The summed E-state index contributed by atoms with van der Waals surface area (Å²) >= 11 is 0. The van der Waals surface area contributed by atoms with Crippen molar-refractivity contribution >= 4 is 5.97 Å². The molecule has 4 nitrogen and oxygen atoms in total. The fraction of sp³-hybridized carbons (Fsp3) is 0.231. The number of aromatic nitrogens is 1. The molecule has 0 saturated heterocycles. The summed E-state index contributed by atoms with van der Waals surface area (Å²) in [5.41, 5.74) is 3.19. The quantitative estimate of drug-likeness (QED) is 0.746. The Morgan fingerprint density at radius 1 is 1.29 bits per heavy atom. The van der Waals surface area contributed by atoms with E-state index in [1.165, 1.54) is 18.9 Å². The van der Waals surface area contributed by atoms with Crippen molar-refractivity contribution in [1.29, 1.82) is 0 Å². The number of carbonyl (C=O) groups excluding carboxylic acids is 1. The molecule has 0 atom stereocenters. The van der Waals surface area contributed by atoms with Crippen molar-refractivity contribution in [2.75, 3.05) is 0 Å². The lowest BCUT2D eigenvalue weighted by Crippen LogP contribution is -2.02. The first-order chi connectivity index (χ1) is 8.08. The highest BCUT2D eigenvalue weighted by Crippen LogP contribution is 2.30. The minimum atomic E-state index is -0.413. The van der Waals surface area contributed by atoms with Gasteiger partial charge in [-0.15, -0.1) is 0 Å². The molecule has 1 aromatic heterocycles. The van der Waals surface area contributed by atoms with Crippen molar-refractivity contribution in [3.8, 4) is 17.2 Å². The molecule has 0 fully saturated rings. The van der Waals surface area contributed by atoms with E-state index in [0.29, 0.717) is 5.76 Å². The Bertz CT molecular complexity index is 558. The molecule has 0 bridgehead atoms. The van der Waals surface area contributed by atoms with Crippen molar-refractivity contribution in [1.82, 2.24) is 4.98 Å². The number of esters is 1. The van der Waals surface area contributed by atoms with Gasteiger partial charge in [0.1, 0.15) is 0 Å². The van der Waals surface area contributed by atoms with E-state index in [9.17, 15) is 4.79 Å². The van der Waals surface area contributed by atoms with Gasteiger partial charge in [-0.1, -0.05) is 12.1 Å². The van der Waals surface area contributed by atoms with Crippen LogP contribution in [0.5, 0.6) is 5.88 Å². The predicted octanol–water partition coefficient (Wildman–Crippen LogP) is 2.88. The van der Waals surface area contributed by atoms with E-state index in [4.69, 9.17) is 9.15 Å². The molecule has 1 aromatic carbocycles. The predicted molar refractivity (Wildman–Crippen MR) is 62.7 cm³/mol. The highest BCUT2D eigenvalue weighted by atomic mass is 16.5. The van der Waals surface area contributed by atoms with E-state index in [1.807, 2.05) is 32.0 Å². The summed E-state index contributed by atoms with van der Waals surface area (Å²) in [6, 6.07) is 5.88. The van der Waals surface area contributed by atoms with Crippen LogP contribution in [-0.4, -0.2) is 11.0 Å². The molecule has 0 radical (unpaired) electrons. The van der Waals surface area contributed by atoms with Crippen molar-refractivity contribution in [3.05, 3.63) is 35.7 Å². The number of ether oxygens (including phenoxy) is 1. The van der Waals surface area contributed by atoms with Crippen molar-refractivity contribution in [3.63, 3.8) is 0 Å². The zero-order valence-electron chi connectivity index (χ0n) is 9.98. The normalized spacial score (nSPS) is 10.3. The molecule has 0 unspecified atom stereocenters. The first-order valence-corrected chi connectivity index (χ1v) is 5.27. The molecule has 88 valence electrons. The second-order valence-corrected chi connectivity index (χ2v) is 3.88. The highest BCUT2D eigenvalue weighted by molar-refractivity contribution is 5.72. The summed E-state index contributed by atoms with van der Waals surface area (Å²) in [6.45, 7) is 5.38. The molecule has 0 aliphatic heterocycles. The molecular formula is C13H13NO3. The summed E-state index contributed by atoms with van der Waals surface area (Å²) in [4.78, 5) is 14.8. The monoisotopic (exact) mass is 231 g/mol. The van der Waals surface area contributed by atoms with E-state index >= 15 is 0 Å². The zero-order chi connectivity index (χ0) is 12.4. The summed E-state index contributed by atoms with van der Waals surface area (Å²) in [7, 11) is 0. The van der Waals surface area contributed by atoms with Gasteiger partial charge in [0.2, 0.25) is 0 Å². The minimum Gasteiger partial charge on any atom is -0.439 e. The minimum absolute atomic E-state index is 0.209. The topological polar surface area (TPSA) is 52.3 Å².